The standard InChI is InChI=1S/C14H19N3O2/c1-3-14(11-6-4-10(2)5-7-11)12(18)17(9-8-15)13(19)16-14/h4-7H,3,8-9,15H2,1-2H3,(H,16,19). The predicted octanol–water partition coefficient (Wildman–Crippen LogP) is 1.11. The molecule has 0 spiro atoms. The molecule has 1 aliphatic rings. The maximum atomic E-state index is 12.5. The minimum absolute atomic E-state index is 0.214. The Morgan fingerprint density at radius 3 is 2.42 bits per heavy atom. The largest absolute Gasteiger partial charge is 0.329 e. The number of imide groups is 1. The van der Waals surface area contributed by atoms with Gasteiger partial charge in [-0.3, -0.25) is 9.69 Å². The zero-order valence-corrected chi connectivity index (χ0v) is 11.3. The van der Waals surface area contributed by atoms with Crippen LogP contribution in [0.3, 0.4) is 0 Å². The zero-order chi connectivity index (χ0) is 14.0. The summed E-state index contributed by atoms with van der Waals surface area (Å²) in [4.78, 5) is 25.7. The molecule has 5 nitrogen and oxygen atoms in total. The predicted molar refractivity (Wildman–Crippen MR) is 72.4 cm³/mol. The molecular weight excluding hydrogens is 242 g/mol. The topological polar surface area (TPSA) is 75.4 Å². The molecule has 0 aliphatic carbocycles. The van der Waals surface area contributed by atoms with E-state index >= 15 is 0 Å². The van der Waals surface area contributed by atoms with E-state index in [9.17, 15) is 9.59 Å². The van der Waals surface area contributed by atoms with Crippen LogP contribution in [0.4, 0.5) is 4.79 Å². The highest BCUT2D eigenvalue weighted by Gasteiger charge is 2.50. The first-order valence-corrected chi connectivity index (χ1v) is 6.46. The van der Waals surface area contributed by atoms with E-state index in [0.717, 1.165) is 11.1 Å². The average molecular weight is 261 g/mol. The number of rotatable bonds is 4. The molecule has 102 valence electrons. The Kier molecular flexibility index (Phi) is 3.57. The van der Waals surface area contributed by atoms with Gasteiger partial charge >= 0.3 is 6.03 Å². The van der Waals surface area contributed by atoms with Crippen LogP contribution in [0.15, 0.2) is 24.3 Å². The third-order valence-electron chi connectivity index (χ3n) is 3.60. The quantitative estimate of drug-likeness (QED) is 0.797. The lowest BCUT2D eigenvalue weighted by Crippen LogP contribution is -2.43. The fraction of sp³-hybridized carbons (Fsp3) is 0.429. The molecule has 0 bridgehead atoms. The van der Waals surface area contributed by atoms with Crippen LogP contribution < -0.4 is 11.1 Å². The van der Waals surface area contributed by atoms with Gasteiger partial charge in [0.2, 0.25) is 0 Å². The number of amides is 3. The van der Waals surface area contributed by atoms with Crippen LogP contribution in [0.5, 0.6) is 0 Å². The summed E-state index contributed by atoms with van der Waals surface area (Å²) < 4.78 is 0. The summed E-state index contributed by atoms with van der Waals surface area (Å²) in [5.74, 6) is -0.214. The number of aryl methyl sites for hydroxylation is 1. The van der Waals surface area contributed by atoms with Crippen molar-refractivity contribution in [3.8, 4) is 0 Å². The Balaban J connectivity index is 2.41. The molecule has 1 heterocycles. The van der Waals surface area contributed by atoms with E-state index in [0.29, 0.717) is 6.42 Å². The van der Waals surface area contributed by atoms with Crippen LogP contribution >= 0.6 is 0 Å². The van der Waals surface area contributed by atoms with E-state index in [2.05, 4.69) is 5.32 Å². The summed E-state index contributed by atoms with van der Waals surface area (Å²) in [6.45, 7) is 4.40. The Morgan fingerprint density at radius 2 is 1.89 bits per heavy atom. The number of hydrogen-bond acceptors (Lipinski definition) is 3. The second kappa shape index (κ2) is 5.01. The van der Waals surface area contributed by atoms with Crippen molar-refractivity contribution >= 4 is 11.9 Å². The molecule has 1 aliphatic heterocycles. The van der Waals surface area contributed by atoms with E-state index in [1.165, 1.54) is 4.90 Å². The maximum absolute atomic E-state index is 12.5. The summed E-state index contributed by atoms with van der Waals surface area (Å²) in [5, 5.41) is 2.82. The normalized spacial score (nSPS) is 22.8. The third kappa shape index (κ3) is 2.10. The minimum atomic E-state index is -0.944. The number of hydrogen-bond donors (Lipinski definition) is 2. The van der Waals surface area contributed by atoms with Crippen molar-refractivity contribution in [2.75, 3.05) is 13.1 Å². The molecular formula is C14H19N3O2. The van der Waals surface area contributed by atoms with Gasteiger partial charge in [0, 0.05) is 13.1 Å². The molecule has 1 aromatic rings. The summed E-state index contributed by atoms with van der Waals surface area (Å²) in [6.07, 6.45) is 0.516. The molecule has 3 N–H and O–H groups in total. The van der Waals surface area contributed by atoms with E-state index in [1.54, 1.807) is 0 Å². The van der Waals surface area contributed by atoms with Gasteiger partial charge in [-0.25, -0.2) is 4.79 Å². The molecule has 0 saturated carbocycles. The highest BCUT2D eigenvalue weighted by atomic mass is 16.2. The van der Waals surface area contributed by atoms with Gasteiger partial charge in [0.25, 0.3) is 5.91 Å². The number of nitrogens with zero attached hydrogens (tertiary/aromatic N) is 1. The van der Waals surface area contributed by atoms with E-state index < -0.39 is 5.54 Å². The van der Waals surface area contributed by atoms with Gasteiger partial charge in [-0.1, -0.05) is 36.8 Å². The van der Waals surface area contributed by atoms with Gasteiger partial charge in [0.15, 0.2) is 0 Å². The second-order valence-corrected chi connectivity index (χ2v) is 4.80. The monoisotopic (exact) mass is 261 g/mol. The average Bonchev–Trinajstić information content (AvgIpc) is 2.65. The van der Waals surface area contributed by atoms with Crippen molar-refractivity contribution < 1.29 is 9.59 Å². The molecule has 1 saturated heterocycles. The number of carbonyl (C=O) groups excluding carboxylic acids is 2. The first-order valence-electron chi connectivity index (χ1n) is 6.46. The van der Waals surface area contributed by atoms with Gasteiger partial charge in [0.05, 0.1) is 0 Å². The Bertz CT molecular complexity index is 498. The van der Waals surface area contributed by atoms with Gasteiger partial charge < -0.3 is 11.1 Å². The molecule has 1 unspecified atom stereocenters. The summed E-state index contributed by atoms with van der Waals surface area (Å²) >= 11 is 0. The summed E-state index contributed by atoms with van der Waals surface area (Å²) in [6, 6.07) is 7.31. The second-order valence-electron chi connectivity index (χ2n) is 4.80. The van der Waals surface area contributed by atoms with Crippen molar-refractivity contribution in [3.63, 3.8) is 0 Å². The van der Waals surface area contributed by atoms with Crippen LogP contribution in [0, 0.1) is 6.92 Å². The first kappa shape index (κ1) is 13.5. The van der Waals surface area contributed by atoms with Crippen molar-refractivity contribution in [1.29, 1.82) is 0 Å². The van der Waals surface area contributed by atoms with Crippen LogP contribution in [-0.2, 0) is 10.3 Å². The van der Waals surface area contributed by atoms with Crippen molar-refractivity contribution in [3.05, 3.63) is 35.4 Å². The van der Waals surface area contributed by atoms with Crippen LogP contribution in [-0.4, -0.2) is 29.9 Å². The highest BCUT2D eigenvalue weighted by Crippen LogP contribution is 2.32. The number of benzene rings is 1. The number of nitrogens with one attached hydrogen (secondary N) is 1. The fourth-order valence-electron chi connectivity index (χ4n) is 2.44. The molecule has 3 amide bonds. The molecule has 5 heteroatoms. The molecule has 1 fully saturated rings. The third-order valence-corrected chi connectivity index (χ3v) is 3.60. The van der Waals surface area contributed by atoms with Gasteiger partial charge in [-0.2, -0.15) is 0 Å². The molecule has 1 aromatic carbocycles. The Morgan fingerprint density at radius 1 is 1.26 bits per heavy atom. The van der Waals surface area contributed by atoms with Crippen LogP contribution in [0.1, 0.15) is 24.5 Å². The van der Waals surface area contributed by atoms with Gasteiger partial charge in [-0.05, 0) is 18.9 Å². The lowest BCUT2D eigenvalue weighted by atomic mass is 9.87. The Labute approximate surface area is 112 Å². The summed E-state index contributed by atoms with van der Waals surface area (Å²) in [7, 11) is 0. The number of carbonyl (C=O) groups is 2. The smallest absolute Gasteiger partial charge is 0.325 e. The van der Waals surface area contributed by atoms with Gasteiger partial charge in [0.1, 0.15) is 5.54 Å². The maximum Gasteiger partial charge on any atom is 0.325 e. The molecule has 1 atom stereocenters. The van der Waals surface area contributed by atoms with Gasteiger partial charge in [-0.15, -0.1) is 0 Å². The SMILES string of the molecule is CCC1(c2ccc(C)cc2)NC(=O)N(CCN)C1=O. The van der Waals surface area contributed by atoms with Crippen molar-refractivity contribution in [1.82, 2.24) is 10.2 Å². The lowest BCUT2D eigenvalue weighted by molar-refractivity contribution is -0.131. The fourth-order valence-corrected chi connectivity index (χ4v) is 2.44. The van der Waals surface area contributed by atoms with Crippen LogP contribution in [0.2, 0.25) is 0 Å². The Hall–Kier alpha value is -1.88. The molecule has 2 rings (SSSR count). The first-order chi connectivity index (χ1) is 9.05. The van der Waals surface area contributed by atoms with Crippen LogP contribution in [0.25, 0.3) is 0 Å². The molecule has 0 aromatic heterocycles. The highest BCUT2D eigenvalue weighted by molar-refractivity contribution is 6.07. The molecule has 0 radical (unpaired) electrons. The van der Waals surface area contributed by atoms with E-state index in [1.807, 2.05) is 38.1 Å². The summed E-state index contributed by atoms with van der Waals surface area (Å²) in [5.41, 5.74) is 6.44. The van der Waals surface area contributed by atoms with E-state index in [-0.39, 0.29) is 25.0 Å². The molecule has 19 heavy (non-hydrogen) atoms. The number of urea groups is 1. The van der Waals surface area contributed by atoms with Crippen molar-refractivity contribution in [2.45, 2.75) is 25.8 Å². The van der Waals surface area contributed by atoms with Crippen molar-refractivity contribution in [2.24, 2.45) is 5.73 Å². The minimum Gasteiger partial charge on any atom is -0.329 e. The lowest BCUT2D eigenvalue weighted by Gasteiger charge is -2.25. The zero-order valence-electron chi connectivity index (χ0n) is 11.3. The van der Waals surface area contributed by atoms with E-state index in [4.69, 9.17) is 5.73 Å². The number of nitrogens with two attached hydrogens (primary N) is 1.